The molecule has 3 rings (SSSR count). The summed E-state index contributed by atoms with van der Waals surface area (Å²) in [6, 6.07) is 5.60. The third-order valence-corrected chi connectivity index (χ3v) is 4.40. The van der Waals surface area contributed by atoms with E-state index in [4.69, 9.17) is 0 Å². The van der Waals surface area contributed by atoms with E-state index in [1.165, 1.54) is 11.8 Å². The highest BCUT2D eigenvalue weighted by atomic mass is 19.1. The summed E-state index contributed by atoms with van der Waals surface area (Å²) in [6.07, 6.45) is 7.75. The highest BCUT2D eigenvalue weighted by Gasteiger charge is 2.17. The third-order valence-electron chi connectivity index (χ3n) is 4.40. The summed E-state index contributed by atoms with van der Waals surface area (Å²) in [5.41, 5.74) is 3.63. The van der Waals surface area contributed by atoms with Gasteiger partial charge in [0.15, 0.2) is 0 Å². The van der Waals surface area contributed by atoms with Crippen molar-refractivity contribution in [2.24, 2.45) is 0 Å². The summed E-state index contributed by atoms with van der Waals surface area (Å²) in [7, 11) is 0. The van der Waals surface area contributed by atoms with E-state index in [9.17, 15) is 4.39 Å². The number of aryl methyl sites for hydroxylation is 1. The van der Waals surface area contributed by atoms with Gasteiger partial charge >= 0.3 is 0 Å². The van der Waals surface area contributed by atoms with Crippen molar-refractivity contribution in [1.29, 1.82) is 0 Å². The van der Waals surface area contributed by atoms with Crippen LogP contribution in [0.1, 0.15) is 44.1 Å². The van der Waals surface area contributed by atoms with Gasteiger partial charge in [-0.25, -0.2) is 14.4 Å². The van der Waals surface area contributed by atoms with Crippen LogP contribution in [0.4, 0.5) is 4.39 Å². The van der Waals surface area contributed by atoms with Gasteiger partial charge in [-0.3, -0.25) is 0 Å². The second-order valence-corrected chi connectivity index (χ2v) is 6.31. The van der Waals surface area contributed by atoms with Crippen LogP contribution in [0.3, 0.4) is 0 Å². The van der Waals surface area contributed by atoms with Crippen molar-refractivity contribution >= 4 is 0 Å². The van der Waals surface area contributed by atoms with Crippen molar-refractivity contribution in [3.05, 3.63) is 59.7 Å². The predicted molar refractivity (Wildman–Crippen MR) is 93.6 cm³/mol. The van der Waals surface area contributed by atoms with Crippen LogP contribution in [0.2, 0.25) is 0 Å². The first-order valence-corrected chi connectivity index (χ1v) is 8.37. The molecule has 2 heterocycles. The van der Waals surface area contributed by atoms with Crippen LogP contribution in [0, 0.1) is 12.7 Å². The molecule has 0 saturated carbocycles. The summed E-state index contributed by atoms with van der Waals surface area (Å²) in [4.78, 5) is 8.95. The Labute approximate surface area is 142 Å². The van der Waals surface area contributed by atoms with Crippen LogP contribution in [0.15, 0.2) is 42.5 Å². The molecule has 0 fully saturated rings. The summed E-state index contributed by atoms with van der Waals surface area (Å²) in [6.45, 7) is 5.99. The molecule has 5 heteroatoms. The van der Waals surface area contributed by atoms with Crippen molar-refractivity contribution in [2.75, 3.05) is 0 Å². The molecule has 0 saturated heterocycles. The van der Waals surface area contributed by atoms with Gasteiger partial charge in [0.05, 0.1) is 6.04 Å². The van der Waals surface area contributed by atoms with Gasteiger partial charge in [0.2, 0.25) is 0 Å². The van der Waals surface area contributed by atoms with E-state index in [1.54, 1.807) is 25.4 Å². The van der Waals surface area contributed by atoms with E-state index in [-0.39, 0.29) is 11.9 Å². The van der Waals surface area contributed by atoms with Gasteiger partial charge in [-0.1, -0.05) is 13.0 Å². The Morgan fingerprint density at radius 2 is 2.04 bits per heavy atom. The lowest BCUT2D eigenvalue weighted by Crippen LogP contribution is -2.21. The van der Waals surface area contributed by atoms with Crippen molar-refractivity contribution < 1.29 is 4.39 Å². The monoisotopic (exact) mass is 326 g/mol. The second kappa shape index (κ2) is 6.99. The molecule has 2 aromatic rings. The van der Waals surface area contributed by atoms with E-state index in [2.05, 4.69) is 34.4 Å². The first-order chi connectivity index (χ1) is 11.6. The Bertz CT molecular complexity index is 740. The lowest BCUT2D eigenvalue weighted by atomic mass is 10.1. The quantitative estimate of drug-likeness (QED) is 0.876. The molecule has 1 aromatic carbocycles. The highest BCUT2D eigenvalue weighted by Crippen LogP contribution is 2.22. The number of hydrogen-bond acceptors (Lipinski definition) is 4. The molecule has 24 heavy (non-hydrogen) atoms. The number of nitrogens with zero attached hydrogens (tertiary/aromatic N) is 2. The second-order valence-electron chi connectivity index (χ2n) is 6.31. The van der Waals surface area contributed by atoms with Crippen LogP contribution < -0.4 is 10.6 Å². The number of halogens is 1. The summed E-state index contributed by atoms with van der Waals surface area (Å²) in [5.74, 6) is 0.552. The molecule has 0 spiro atoms. The number of nitrogens with one attached hydrogen (secondary N) is 2. The number of aromatic nitrogens is 2. The predicted octanol–water partition coefficient (Wildman–Crippen LogP) is 3.86. The lowest BCUT2D eigenvalue weighted by Gasteiger charge is -2.15. The Hall–Kier alpha value is -2.43. The Balaban J connectivity index is 1.68. The zero-order valence-corrected chi connectivity index (χ0v) is 14.3. The first-order valence-electron chi connectivity index (χ1n) is 8.37. The molecule has 126 valence electrons. The van der Waals surface area contributed by atoms with Crippen molar-refractivity contribution in [3.63, 3.8) is 0 Å². The van der Waals surface area contributed by atoms with Crippen LogP contribution in [0.5, 0.6) is 0 Å². The molecule has 0 radical (unpaired) electrons. The summed E-state index contributed by atoms with van der Waals surface area (Å²) < 4.78 is 13.4. The van der Waals surface area contributed by atoms with E-state index in [1.807, 2.05) is 12.3 Å². The van der Waals surface area contributed by atoms with Gasteiger partial charge in [0, 0.05) is 42.3 Å². The minimum absolute atomic E-state index is 0.0395. The Kier molecular flexibility index (Phi) is 4.79. The fourth-order valence-corrected chi connectivity index (χ4v) is 2.84. The number of rotatable bonds is 5. The minimum Gasteiger partial charge on any atom is -0.386 e. The summed E-state index contributed by atoms with van der Waals surface area (Å²) in [5, 5.41) is 6.82. The normalized spacial score (nSPS) is 18.0. The van der Waals surface area contributed by atoms with E-state index < -0.39 is 0 Å². The zero-order valence-electron chi connectivity index (χ0n) is 14.3. The van der Waals surface area contributed by atoms with Gasteiger partial charge in [-0.15, -0.1) is 0 Å². The largest absolute Gasteiger partial charge is 0.386 e. The van der Waals surface area contributed by atoms with Crippen LogP contribution in [0.25, 0.3) is 11.1 Å². The number of hydrogen-bond donors (Lipinski definition) is 2. The lowest BCUT2D eigenvalue weighted by molar-refractivity contribution is 0.559. The smallest absolute Gasteiger partial charge is 0.150 e. The maximum atomic E-state index is 13.4. The minimum atomic E-state index is -0.196. The van der Waals surface area contributed by atoms with Crippen molar-refractivity contribution in [2.45, 2.75) is 45.7 Å². The maximum Gasteiger partial charge on any atom is 0.150 e. The van der Waals surface area contributed by atoms with Gasteiger partial charge < -0.3 is 10.6 Å². The molecule has 1 aromatic heterocycles. The molecule has 2 N–H and O–H groups in total. The van der Waals surface area contributed by atoms with E-state index >= 15 is 0 Å². The fraction of sp³-hybridized carbons (Fsp3) is 0.368. The van der Waals surface area contributed by atoms with Crippen LogP contribution in [-0.2, 0) is 0 Å². The van der Waals surface area contributed by atoms with E-state index in [0.29, 0.717) is 11.6 Å². The van der Waals surface area contributed by atoms with Gasteiger partial charge in [-0.05, 0) is 43.5 Å². The van der Waals surface area contributed by atoms with Gasteiger partial charge in [0.1, 0.15) is 11.6 Å². The van der Waals surface area contributed by atoms with Crippen molar-refractivity contribution in [1.82, 2.24) is 20.6 Å². The van der Waals surface area contributed by atoms with Crippen LogP contribution >= 0.6 is 0 Å². The summed E-state index contributed by atoms with van der Waals surface area (Å²) >= 11 is 0. The Morgan fingerprint density at radius 3 is 2.67 bits per heavy atom. The fourth-order valence-electron chi connectivity index (χ4n) is 2.84. The molecule has 0 aliphatic carbocycles. The topological polar surface area (TPSA) is 49.8 Å². The first kappa shape index (κ1) is 16.4. The van der Waals surface area contributed by atoms with Gasteiger partial charge in [-0.2, -0.15) is 0 Å². The average Bonchev–Trinajstić information content (AvgIpc) is 3.05. The highest BCUT2D eigenvalue weighted by molar-refractivity contribution is 5.62. The van der Waals surface area contributed by atoms with Gasteiger partial charge in [0.25, 0.3) is 0 Å². The van der Waals surface area contributed by atoms with Crippen LogP contribution in [-0.4, -0.2) is 16.0 Å². The zero-order chi connectivity index (χ0) is 17.1. The molecule has 1 aliphatic rings. The van der Waals surface area contributed by atoms with Crippen molar-refractivity contribution in [3.8, 4) is 11.1 Å². The molecule has 2 atom stereocenters. The molecule has 0 bridgehead atoms. The third kappa shape index (κ3) is 3.55. The van der Waals surface area contributed by atoms with E-state index in [0.717, 1.165) is 29.8 Å². The SMILES string of the molecule is CC[C@H]1CC(NC(C)c2ncc(-c3ccc(F)c(C)c3)cn2)=CN1. The molecule has 0 amide bonds. The molecule has 4 nitrogen and oxygen atoms in total. The molecule has 1 aliphatic heterocycles. The molecule has 1 unspecified atom stereocenters. The molecular weight excluding hydrogens is 303 g/mol. The number of benzene rings is 1. The molecular formula is C19H23FN4. The average molecular weight is 326 g/mol. The Morgan fingerprint density at radius 1 is 1.29 bits per heavy atom. The standard InChI is InChI=1S/C19H23FN4/c1-4-16-8-17(11-21-16)24-13(3)19-22-9-15(10-23-19)14-5-6-18(20)12(2)7-14/h5-7,9-11,13,16,21,24H,4,8H2,1-3H3/t13?,16-/m0/s1. The maximum absolute atomic E-state index is 13.4.